The summed E-state index contributed by atoms with van der Waals surface area (Å²) in [6.45, 7) is 3.33. The highest BCUT2D eigenvalue weighted by molar-refractivity contribution is 5.98. The molecule has 1 unspecified atom stereocenters. The van der Waals surface area contributed by atoms with E-state index in [9.17, 15) is 4.79 Å². The van der Waals surface area contributed by atoms with Crippen molar-refractivity contribution in [1.82, 2.24) is 24.5 Å². The Hall–Kier alpha value is -3.19. The molecule has 1 aromatic carbocycles. The third-order valence-electron chi connectivity index (χ3n) is 4.64. The normalized spacial score (nSPS) is 12.5. The van der Waals surface area contributed by atoms with Crippen LogP contribution in [0.5, 0.6) is 0 Å². The number of fused-ring (bicyclic) bond motifs is 2. The van der Waals surface area contributed by atoms with Crippen LogP contribution in [0, 0.1) is 0 Å². The number of methoxy groups -OCH3 is 1. The highest BCUT2D eigenvalue weighted by atomic mass is 16.5. The summed E-state index contributed by atoms with van der Waals surface area (Å²) in [7, 11) is 1.69. The smallest absolute Gasteiger partial charge is 0.251 e. The van der Waals surface area contributed by atoms with E-state index in [1.165, 1.54) is 0 Å². The molecule has 0 saturated heterocycles. The molecular weight excluding hydrogens is 342 g/mol. The highest BCUT2D eigenvalue weighted by Crippen LogP contribution is 2.19. The Morgan fingerprint density at radius 1 is 1.19 bits per heavy atom. The number of carbonyl (C=O) groups excluding carboxylic acids is 1. The van der Waals surface area contributed by atoms with Gasteiger partial charge in [-0.2, -0.15) is 0 Å². The summed E-state index contributed by atoms with van der Waals surface area (Å²) in [5.41, 5.74) is 2.46. The van der Waals surface area contributed by atoms with Gasteiger partial charge < -0.3 is 14.6 Å². The standard InChI is InChI=1S/C20H21N5O2/c1-14(19-23-22-18-5-3-4-9-25(18)19)21-20(26)16-6-7-17-15(13-16)8-10-24(17)11-12-27-2/h3-10,13-14H,11-12H2,1-2H3,(H,21,26). The van der Waals surface area contributed by atoms with Crippen molar-refractivity contribution in [3.63, 3.8) is 0 Å². The van der Waals surface area contributed by atoms with Crippen LogP contribution in [0.4, 0.5) is 0 Å². The monoisotopic (exact) mass is 363 g/mol. The predicted molar refractivity (Wildman–Crippen MR) is 103 cm³/mol. The lowest BCUT2D eigenvalue weighted by Gasteiger charge is -2.13. The van der Waals surface area contributed by atoms with Gasteiger partial charge in [-0.25, -0.2) is 0 Å². The van der Waals surface area contributed by atoms with Gasteiger partial charge in [0.1, 0.15) is 0 Å². The van der Waals surface area contributed by atoms with Gasteiger partial charge in [-0.15, -0.1) is 10.2 Å². The SMILES string of the molecule is COCCn1ccc2cc(C(=O)NC(C)c3nnc4ccccn34)ccc21. The third kappa shape index (κ3) is 3.29. The molecule has 4 aromatic rings. The minimum Gasteiger partial charge on any atom is -0.383 e. The molecule has 138 valence electrons. The molecule has 7 heteroatoms. The van der Waals surface area contributed by atoms with Crippen molar-refractivity contribution >= 4 is 22.5 Å². The molecule has 27 heavy (non-hydrogen) atoms. The summed E-state index contributed by atoms with van der Waals surface area (Å²) in [4.78, 5) is 12.7. The number of aromatic nitrogens is 4. The Morgan fingerprint density at radius 2 is 2.07 bits per heavy atom. The van der Waals surface area contributed by atoms with Gasteiger partial charge in [0.2, 0.25) is 0 Å². The summed E-state index contributed by atoms with van der Waals surface area (Å²) >= 11 is 0. The Balaban J connectivity index is 1.54. The van der Waals surface area contributed by atoms with Crippen LogP contribution in [0.15, 0.2) is 54.9 Å². The summed E-state index contributed by atoms with van der Waals surface area (Å²) in [5, 5.41) is 12.4. The van der Waals surface area contributed by atoms with E-state index >= 15 is 0 Å². The van der Waals surface area contributed by atoms with E-state index < -0.39 is 0 Å². The number of rotatable bonds is 6. The van der Waals surface area contributed by atoms with Crippen molar-refractivity contribution < 1.29 is 9.53 Å². The summed E-state index contributed by atoms with van der Waals surface area (Å²) in [5.74, 6) is 0.562. The summed E-state index contributed by atoms with van der Waals surface area (Å²) < 4.78 is 9.13. The van der Waals surface area contributed by atoms with E-state index in [1.807, 2.05) is 66.2 Å². The van der Waals surface area contributed by atoms with Crippen LogP contribution in [0.2, 0.25) is 0 Å². The molecule has 0 fully saturated rings. The van der Waals surface area contributed by atoms with Gasteiger partial charge in [0, 0.05) is 42.5 Å². The number of benzene rings is 1. The van der Waals surface area contributed by atoms with Crippen LogP contribution >= 0.6 is 0 Å². The van der Waals surface area contributed by atoms with Crippen molar-refractivity contribution in [3.8, 4) is 0 Å². The van der Waals surface area contributed by atoms with Crippen molar-refractivity contribution in [2.45, 2.75) is 19.5 Å². The maximum Gasteiger partial charge on any atom is 0.251 e. The second-order valence-corrected chi connectivity index (χ2v) is 6.46. The molecule has 0 aliphatic rings. The predicted octanol–water partition coefficient (Wildman–Crippen LogP) is 2.82. The number of carbonyl (C=O) groups is 1. The molecule has 1 atom stereocenters. The first-order valence-electron chi connectivity index (χ1n) is 8.86. The zero-order chi connectivity index (χ0) is 18.8. The molecule has 7 nitrogen and oxygen atoms in total. The van der Waals surface area contributed by atoms with Crippen molar-refractivity contribution in [1.29, 1.82) is 0 Å². The fourth-order valence-electron chi connectivity index (χ4n) is 3.23. The van der Waals surface area contributed by atoms with Crippen LogP contribution in [-0.2, 0) is 11.3 Å². The second-order valence-electron chi connectivity index (χ2n) is 6.46. The Labute approximate surface area is 156 Å². The minimum absolute atomic E-state index is 0.137. The molecule has 3 aromatic heterocycles. The van der Waals surface area contributed by atoms with Gasteiger partial charge in [-0.05, 0) is 43.3 Å². The van der Waals surface area contributed by atoms with E-state index in [-0.39, 0.29) is 11.9 Å². The lowest BCUT2D eigenvalue weighted by atomic mass is 10.1. The first-order chi connectivity index (χ1) is 13.2. The summed E-state index contributed by atoms with van der Waals surface area (Å²) in [6.07, 6.45) is 3.90. The van der Waals surface area contributed by atoms with E-state index in [0.29, 0.717) is 18.0 Å². The van der Waals surface area contributed by atoms with Crippen LogP contribution in [-0.4, -0.2) is 38.8 Å². The molecule has 1 amide bonds. The van der Waals surface area contributed by atoms with Crippen LogP contribution in [0.25, 0.3) is 16.6 Å². The van der Waals surface area contributed by atoms with Gasteiger partial charge in [-0.1, -0.05) is 6.07 Å². The first-order valence-corrected chi connectivity index (χ1v) is 8.86. The van der Waals surface area contributed by atoms with Gasteiger partial charge in [0.05, 0.1) is 12.6 Å². The molecular formula is C20H21N5O2. The maximum atomic E-state index is 12.7. The van der Waals surface area contributed by atoms with Gasteiger partial charge in [0.25, 0.3) is 5.91 Å². The Morgan fingerprint density at radius 3 is 2.93 bits per heavy atom. The van der Waals surface area contributed by atoms with E-state index in [4.69, 9.17) is 4.74 Å². The molecule has 0 saturated carbocycles. The lowest BCUT2D eigenvalue weighted by Crippen LogP contribution is -2.28. The molecule has 0 radical (unpaired) electrons. The quantitative estimate of drug-likeness (QED) is 0.572. The molecule has 3 heterocycles. The van der Waals surface area contributed by atoms with Crippen LogP contribution in [0.3, 0.4) is 0 Å². The molecule has 0 aliphatic carbocycles. The lowest BCUT2D eigenvalue weighted by molar-refractivity contribution is 0.0938. The van der Waals surface area contributed by atoms with Crippen molar-refractivity contribution in [3.05, 3.63) is 66.2 Å². The number of amides is 1. The molecule has 0 spiro atoms. The number of pyridine rings is 1. The van der Waals surface area contributed by atoms with Gasteiger partial charge in [0.15, 0.2) is 11.5 Å². The minimum atomic E-state index is -0.267. The molecule has 0 aliphatic heterocycles. The van der Waals surface area contributed by atoms with Gasteiger partial charge in [-0.3, -0.25) is 9.20 Å². The number of ether oxygens (including phenoxy) is 1. The number of nitrogens with zero attached hydrogens (tertiary/aromatic N) is 4. The van der Waals surface area contributed by atoms with E-state index in [1.54, 1.807) is 7.11 Å². The fraction of sp³-hybridized carbons (Fsp3) is 0.250. The van der Waals surface area contributed by atoms with Crippen LogP contribution in [0.1, 0.15) is 29.1 Å². The first kappa shape index (κ1) is 17.2. The average molecular weight is 363 g/mol. The number of hydrogen-bond donors (Lipinski definition) is 1. The van der Waals surface area contributed by atoms with E-state index in [0.717, 1.165) is 23.1 Å². The largest absolute Gasteiger partial charge is 0.383 e. The van der Waals surface area contributed by atoms with E-state index in [2.05, 4.69) is 20.1 Å². The molecule has 1 N–H and O–H groups in total. The third-order valence-corrected chi connectivity index (χ3v) is 4.64. The zero-order valence-corrected chi connectivity index (χ0v) is 15.3. The second kappa shape index (κ2) is 7.20. The number of nitrogens with one attached hydrogen (secondary N) is 1. The Kier molecular flexibility index (Phi) is 4.60. The highest BCUT2D eigenvalue weighted by Gasteiger charge is 2.17. The average Bonchev–Trinajstić information content (AvgIpc) is 3.30. The molecule has 0 bridgehead atoms. The van der Waals surface area contributed by atoms with Crippen LogP contribution < -0.4 is 5.32 Å². The summed E-state index contributed by atoms with van der Waals surface area (Å²) in [6, 6.07) is 13.2. The number of hydrogen-bond acceptors (Lipinski definition) is 4. The van der Waals surface area contributed by atoms with Crippen molar-refractivity contribution in [2.24, 2.45) is 0 Å². The molecule has 4 rings (SSSR count). The zero-order valence-electron chi connectivity index (χ0n) is 15.3. The topological polar surface area (TPSA) is 73.4 Å². The fourth-order valence-corrected chi connectivity index (χ4v) is 3.23. The van der Waals surface area contributed by atoms with Gasteiger partial charge >= 0.3 is 0 Å². The van der Waals surface area contributed by atoms with Crippen molar-refractivity contribution in [2.75, 3.05) is 13.7 Å². The Bertz CT molecular complexity index is 1100. The maximum absolute atomic E-state index is 12.7.